The number of methoxy groups -OCH3 is 1. The average Bonchev–Trinajstić information content (AvgIpc) is 3.19. The molecule has 2 aromatic rings. The van der Waals surface area contributed by atoms with Crippen LogP contribution in [0.3, 0.4) is 0 Å². The Morgan fingerprint density at radius 3 is 2.96 bits per heavy atom. The second-order valence-electron chi connectivity index (χ2n) is 6.61. The molecule has 1 aromatic heterocycles. The lowest BCUT2D eigenvalue weighted by Gasteiger charge is -2.21. The fraction of sp³-hybridized carbons (Fsp3) is 0.227. The zero-order valence-corrected chi connectivity index (χ0v) is 16.1. The van der Waals surface area contributed by atoms with Crippen molar-refractivity contribution in [3.05, 3.63) is 81.3 Å². The molecule has 4 rings (SSSR count). The first kappa shape index (κ1) is 17.8. The first-order valence-electron chi connectivity index (χ1n) is 9.02. The fourth-order valence-electron chi connectivity index (χ4n) is 3.61. The van der Waals surface area contributed by atoms with Gasteiger partial charge in [-0.1, -0.05) is 24.8 Å². The Kier molecular flexibility index (Phi) is 4.97. The summed E-state index contributed by atoms with van der Waals surface area (Å²) in [6, 6.07) is 8.51. The van der Waals surface area contributed by atoms with E-state index in [2.05, 4.69) is 35.4 Å². The summed E-state index contributed by atoms with van der Waals surface area (Å²) in [7, 11) is 1.67. The zero-order valence-electron chi connectivity index (χ0n) is 15.3. The van der Waals surface area contributed by atoms with Gasteiger partial charge in [0.15, 0.2) is 0 Å². The number of rotatable bonds is 2. The van der Waals surface area contributed by atoms with Crippen molar-refractivity contribution in [1.29, 1.82) is 0 Å². The third-order valence-corrected chi connectivity index (χ3v) is 5.91. The maximum atomic E-state index is 12.5. The number of hydrogen-bond donors (Lipinski definition) is 2. The minimum absolute atomic E-state index is 0.0688. The molecule has 27 heavy (non-hydrogen) atoms. The number of benzene rings is 1. The molecule has 0 saturated heterocycles. The summed E-state index contributed by atoms with van der Waals surface area (Å²) in [6.07, 6.45) is 4.86. The molecule has 0 atom stereocenters. The van der Waals surface area contributed by atoms with E-state index in [-0.39, 0.29) is 5.91 Å². The highest BCUT2D eigenvalue weighted by Gasteiger charge is 2.22. The molecule has 0 aliphatic carbocycles. The molecule has 1 aromatic carbocycles. The monoisotopic (exact) mass is 378 g/mol. The van der Waals surface area contributed by atoms with Gasteiger partial charge in [-0.25, -0.2) is 0 Å². The lowest BCUT2D eigenvalue weighted by molar-refractivity contribution is 0.0961. The molecule has 4 nitrogen and oxygen atoms in total. The van der Waals surface area contributed by atoms with E-state index in [4.69, 9.17) is 4.74 Å². The standard InChI is InChI=1S/C22H22N2O2S/c1-14-18-8-11-27-21(18)22(25)24-9-3-4-19(26-2)20(14)16-6-5-15-7-10-23-13-17(15)12-16/h3-6,8,11-12,23H,1,7,9-10,13H2,2H3,(H,24,25)/b4-3-,20-19-. The molecule has 138 valence electrons. The highest BCUT2D eigenvalue weighted by Crippen LogP contribution is 2.38. The van der Waals surface area contributed by atoms with Crippen molar-refractivity contribution in [2.24, 2.45) is 0 Å². The van der Waals surface area contributed by atoms with Crippen LogP contribution >= 0.6 is 11.3 Å². The first-order valence-corrected chi connectivity index (χ1v) is 9.90. The van der Waals surface area contributed by atoms with E-state index in [0.717, 1.165) is 47.5 Å². The van der Waals surface area contributed by atoms with Crippen LogP contribution in [0.4, 0.5) is 0 Å². The smallest absolute Gasteiger partial charge is 0.262 e. The highest BCUT2D eigenvalue weighted by atomic mass is 32.1. The van der Waals surface area contributed by atoms with E-state index in [1.165, 1.54) is 22.5 Å². The fourth-order valence-corrected chi connectivity index (χ4v) is 4.45. The predicted molar refractivity (Wildman–Crippen MR) is 111 cm³/mol. The van der Waals surface area contributed by atoms with Gasteiger partial charge in [0.2, 0.25) is 0 Å². The molecule has 0 spiro atoms. The maximum Gasteiger partial charge on any atom is 0.262 e. The van der Waals surface area contributed by atoms with Gasteiger partial charge in [-0.15, -0.1) is 11.3 Å². The van der Waals surface area contributed by atoms with Crippen LogP contribution in [0.5, 0.6) is 0 Å². The van der Waals surface area contributed by atoms with E-state index >= 15 is 0 Å². The Labute approximate surface area is 163 Å². The van der Waals surface area contributed by atoms with Crippen LogP contribution in [0.1, 0.15) is 31.9 Å². The number of ether oxygens (including phenoxy) is 1. The Morgan fingerprint density at radius 1 is 1.22 bits per heavy atom. The van der Waals surface area contributed by atoms with Crippen molar-refractivity contribution in [3.8, 4) is 0 Å². The minimum Gasteiger partial charge on any atom is -0.496 e. The summed E-state index contributed by atoms with van der Waals surface area (Å²) in [5.74, 6) is 0.678. The molecule has 1 amide bonds. The quantitative estimate of drug-likeness (QED) is 0.837. The van der Waals surface area contributed by atoms with E-state index < -0.39 is 0 Å². The van der Waals surface area contributed by atoms with Gasteiger partial charge in [-0.2, -0.15) is 0 Å². The Morgan fingerprint density at radius 2 is 2.11 bits per heavy atom. The van der Waals surface area contributed by atoms with E-state index in [9.17, 15) is 4.79 Å². The van der Waals surface area contributed by atoms with Crippen LogP contribution in [0.2, 0.25) is 0 Å². The third kappa shape index (κ3) is 3.36. The number of thiophene rings is 1. The number of fused-ring (bicyclic) bond motifs is 2. The predicted octanol–water partition coefficient (Wildman–Crippen LogP) is 3.76. The number of nitrogens with one attached hydrogen (secondary N) is 2. The van der Waals surface area contributed by atoms with Crippen LogP contribution in [0.15, 0.2) is 54.1 Å². The summed E-state index contributed by atoms with van der Waals surface area (Å²) in [4.78, 5) is 13.2. The number of allylic oxidation sites excluding steroid dienone is 3. The van der Waals surface area contributed by atoms with Gasteiger partial charge in [-0.05, 0) is 58.8 Å². The SMILES string of the molecule is C=C1/C(c2ccc3c(c2)CNCC3)=C(OC)\C=C/CNC(=O)c2sccc21. The Hall–Kier alpha value is -2.63. The van der Waals surface area contributed by atoms with Crippen molar-refractivity contribution in [2.45, 2.75) is 13.0 Å². The van der Waals surface area contributed by atoms with Crippen LogP contribution in [0.25, 0.3) is 11.1 Å². The molecule has 2 aliphatic rings. The molecule has 0 fully saturated rings. The summed E-state index contributed by atoms with van der Waals surface area (Å²) in [5, 5.41) is 8.28. The number of hydrogen-bond acceptors (Lipinski definition) is 4. The number of amides is 1. The van der Waals surface area contributed by atoms with Crippen LogP contribution in [0, 0.1) is 0 Å². The van der Waals surface area contributed by atoms with Gasteiger partial charge in [0.05, 0.1) is 12.0 Å². The summed E-state index contributed by atoms with van der Waals surface area (Å²) >= 11 is 1.43. The van der Waals surface area contributed by atoms with Gasteiger partial charge in [0.25, 0.3) is 5.91 Å². The topological polar surface area (TPSA) is 50.4 Å². The van der Waals surface area contributed by atoms with E-state index in [0.29, 0.717) is 11.4 Å². The van der Waals surface area contributed by atoms with Crippen molar-refractivity contribution in [2.75, 3.05) is 20.2 Å². The Balaban J connectivity index is 1.90. The highest BCUT2D eigenvalue weighted by molar-refractivity contribution is 7.12. The number of carbonyl (C=O) groups is 1. The lowest BCUT2D eigenvalue weighted by atomic mass is 9.89. The second kappa shape index (κ2) is 7.55. The molecule has 3 heterocycles. The minimum atomic E-state index is -0.0688. The molecular weight excluding hydrogens is 356 g/mol. The summed E-state index contributed by atoms with van der Waals surface area (Å²) in [6.45, 7) is 6.68. The van der Waals surface area contributed by atoms with E-state index in [1.54, 1.807) is 7.11 Å². The lowest BCUT2D eigenvalue weighted by Crippen LogP contribution is -2.24. The van der Waals surface area contributed by atoms with Crippen LogP contribution in [-0.2, 0) is 17.7 Å². The molecule has 0 saturated carbocycles. The molecular formula is C22H22N2O2S. The summed E-state index contributed by atoms with van der Waals surface area (Å²) < 4.78 is 5.73. The molecule has 0 radical (unpaired) electrons. The third-order valence-electron chi connectivity index (χ3n) is 5.00. The van der Waals surface area contributed by atoms with Gasteiger partial charge in [0, 0.05) is 24.2 Å². The van der Waals surface area contributed by atoms with Gasteiger partial charge < -0.3 is 15.4 Å². The molecule has 2 aliphatic heterocycles. The molecule has 0 bridgehead atoms. The molecule has 0 unspecified atom stereocenters. The van der Waals surface area contributed by atoms with Crippen molar-refractivity contribution in [3.63, 3.8) is 0 Å². The van der Waals surface area contributed by atoms with Crippen LogP contribution in [-0.4, -0.2) is 26.1 Å². The largest absolute Gasteiger partial charge is 0.496 e. The van der Waals surface area contributed by atoms with Crippen molar-refractivity contribution >= 4 is 28.4 Å². The second-order valence-corrected chi connectivity index (χ2v) is 7.52. The molecule has 2 N–H and O–H groups in total. The molecule has 5 heteroatoms. The maximum absolute atomic E-state index is 12.5. The van der Waals surface area contributed by atoms with Gasteiger partial charge in [-0.3, -0.25) is 4.79 Å². The van der Waals surface area contributed by atoms with Crippen LogP contribution < -0.4 is 10.6 Å². The first-order chi connectivity index (χ1) is 13.2. The van der Waals surface area contributed by atoms with Crippen molar-refractivity contribution < 1.29 is 9.53 Å². The van der Waals surface area contributed by atoms with Gasteiger partial charge >= 0.3 is 0 Å². The summed E-state index contributed by atoms with van der Waals surface area (Å²) in [5.41, 5.74) is 6.33. The average molecular weight is 378 g/mol. The zero-order chi connectivity index (χ0) is 18.8. The normalized spacial score (nSPS) is 21.1. The Bertz CT molecular complexity index is 968. The van der Waals surface area contributed by atoms with E-state index in [1.807, 2.05) is 23.6 Å². The van der Waals surface area contributed by atoms with Crippen molar-refractivity contribution in [1.82, 2.24) is 10.6 Å². The van der Waals surface area contributed by atoms with Gasteiger partial charge in [0.1, 0.15) is 5.76 Å². The number of carbonyl (C=O) groups excluding carboxylic acids is 1.